The van der Waals surface area contributed by atoms with Crippen LogP contribution in [0.15, 0.2) is 42.6 Å². The van der Waals surface area contributed by atoms with Crippen LogP contribution in [0.4, 0.5) is 24.7 Å². The van der Waals surface area contributed by atoms with Crippen LogP contribution in [0.1, 0.15) is 34.5 Å². The van der Waals surface area contributed by atoms with Crippen molar-refractivity contribution in [3.8, 4) is 11.3 Å². The summed E-state index contributed by atoms with van der Waals surface area (Å²) in [5.41, 5.74) is 4.36. The van der Waals surface area contributed by atoms with Crippen molar-refractivity contribution >= 4 is 23.3 Å². The number of aromatic amines is 1. The first-order valence-corrected chi connectivity index (χ1v) is 9.78. The van der Waals surface area contributed by atoms with Gasteiger partial charge in [0.05, 0.1) is 23.1 Å². The average Bonchev–Trinajstić information content (AvgIpc) is 3.39. The molecule has 0 aliphatic carbocycles. The van der Waals surface area contributed by atoms with Crippen LogP contribution >= 0.6 is 0 Å². The third kappa shape index (κ3) is 4.41. The molecule has 4 N–H and O–H groups in total. The number of halogens is 3. The van der Waals surface area contributed by atoms with Crippen molar-refractivity contribution in [2.75, 3.05) is 17.6 Å². The minimum absolute atomic E-state index is 0.00903. The van der Waals surface area contributed by atoms with Crippen LogP contribution in [-0.4, -0.2) is 38.4 Å². The second kappa shape index (κ2) is 8.33. The van der Waals surface area contributed by atoms with Gasteiger partial charge in [0.2, 0.25) is 5.91 Å². The minimum Gasteiger partial charge on any atom is -0.397 e. The lowest BCUT2D eigenvalue weighted by molar-refractivity contribution is -0.137. The molecule has 166 valence electrons. The Kier molecular flexibility index (Phi) is 5.56. The maximum atomic E-state index is 13.8. The summed E-state index contributed by atoms with van der Waals surface area (Å²) in [6.45, 7) is 0.894. The van der Waals surface area contributed by atoms with Crippen molar-refractivity contribution in [1.29, 1.82) is 0 Å². The molecule has 1 fully saturated rings. The number of carbonyl (C=O) groups is 2. The zero-order valence-corrected chi connectivity index (χ0v) is 16.7. The Morgan fingerprint density at radius 2 is 2.06 bits per heavy atom. The molecule has 0 spiro atoms. The molecule has 1 aromatic carbocycles. The molecule has 1 aliphatic rings. The van der Waals surface area contributed by atoms with E-state index < -0.39 is 29.0 Å². The summed E-state index contributed by atoms with van der Waals surface area (Å²) in [5.74, 6) is -0.523. The van der Waals surface area contributed by atoms with Gasteiger partial charge in [0.1, 0.15) is 5.82 Å². The number of nitrogen functional groups attached to an aromatic ring is 1. The molecule has 8 nitrogen and oxygen atoms in total. The minimum atomic E-state index is -4.74. The van der Waals surface area contributed by atoms with Gasteiger partial charge >= 0.3 is 6.18 Å². The lowest BCUT2D eigenvalue weighted by Gasteiger charge is -2.18. The number of amides is 2. The lowest BCUT2D eigenvalue weighted by atomic mass is 10.0. The number of aromatic nitrogens is 3. The summed E-state index contributed by atoms with van der Waals surface area (Å²) in [6.07, 6.45) is -2.12. The molecule has 1 aliphatic heterocycles. The topological polar surface area (TPSA) is 117 Å². The molecule has 32 heavy (non-hydrogen) atoms. The van der Waals surface area contributed by atoms with Gasteiger partial charge in [-0.15, -0.1) is 0 Å². The van der Waals surface area contributed by atoms with Crippen LogP contribution in [-0.2, 0) is 17.5 Å². The number of likely N-dealkylation sites (tertiary alicyclic amines) is 1. The molecule has 0 saturated carbocycles. The van der Waals surface area contributed by atoms with Crippen molar-refractivity contribution in [3.05, 3.63) is 59.4 Å². The molecule has 3 heterocycles. The predicted octanol–water partition coefficient (Wildman–Crippen LogP) is 3.45. The molecule has 4 rings (SSSR count). The van der Waals surface area contributed by atoms with Gasteiger partial charge in [0.25, 0.3) is 5.91 Å². The van der Waals surface area contributed by atoms with E-state index in [0.29, 0.717) is 24.6 Å². The van der Waals surface area contributed by atoms with Crippen molar-refractivity contribution in [3.63, 3.8) is 0 Å². The van der Waals surface area contributed by atoms with Gasteiger partial charge in [-0.05, 0) is 24.1 Å². The quantitative estimate of drug-likeness (QED) is 0.557. The van der Waals surface area contributed by atoms with Crippen LogP contribution < -0.4 is 11.1 Å². The molecular weight excluding hydrogens is 425 g/mol. The summed E-state index contributed by atoms with van der Waals surface area (Å²) >= 11 is 0. The Labute approximate surface area is 180 Å². The predicted molar refractivity (Wildman–Crippen MR) is 110 cm³/mol. The highest BCUT2D eigenvalue weighted by molar-refractivity contribution is 6.06. The largest absolute Gasteiger partial charge is 0.418 e. The number of hydrogen-bond acceptors (Lipinski definition) is 5. The van der Waals surface area contributed by atoms with Gasteiger partial charge in [-0.1, -0.05) is 18.2 Å². The molecule has 0 bridgehead atoms. The fourth-order valence-corrected chi connectivity index (χ4v) is 3.56. The first-order chi connectivity index (χ1) is 15.2. The number of nitrogens with two attached hydrogens (primary N) is 1. The zero-order valence-electron chi connectivity index (χ0n) is 16.7. The summed E-state index contributed by atoms with van der Waals surface area (Å²) in [5, 5.41) is 8.67. The summed E-state index contributed by atoms with van der Waals surface area (Å²) in [7, 11) is 0. The maximum Gasteiger partial charge on any atom is 0.418 e. The second-order valence-electron chi connectivity index (χ2n) is 7.36. The van der Waals surface area contributed by atoms with Crippen LogP contribution in [0.5, 0.6) is 0 Å². The highest BCUT2D eigenvalue weighted by Crippen LogP contribution is 2.38. The van der Waals surface area contributed by atoms with Crippen molar-refractivity contribution in [1.82, 2.24) is 20.1 Å². The molecule has 0 atom stereocenters. The Balaban J connectivity index is 1.73. The Hall–Kier alpha value is -3.89. The van der Waals surface area contributed by atoms with E-state index in [4.69, 9.17) is 5.73 Å². The summed E-state index contributed by atoms with van der Waals surface area (Å²) < 4.78 is 41.3. The third-order valence-electron chi connectivity index (χ3n) is 5.07. The third-order valence-corrected chi connectivity index (χ3v) is 5.07. The van der Waals surface area contributed by atoms with Crippen molar-refractivity contribution < 1.29 is 22.8 Å². The van der Waals surface area contributed by atoms with E-state index in [0.717, 1.165) is 6.42 Å². The first-order valence-electron chi connectivity index (χ1n) is 9.78. The number of nitrogens with zero attached hydrogens (tertiary/aromatic N) is 3. The average molecular weight is 444 g/mol. The van der Waals surface area contributed by atoms with Crippen LogP contribution in [0, 0.1) is 0 Å². The van der Waals surface area contributed by atoms with Crippen molar-refractivity contribution in [2.24, 2.45) is 0 Å². The van der Waals surface area contributed by atoms with E-state index in [1.807, 2.05) is 0 Å². The lowest BCUT2D eigenvalue weighted by Crippen LogP contribution is -2.23. The second-order valence-corrected chi connectivity index (χ2v) is 7.36. The summed E-state index contributed by atoms with van der Waals surface area (Å²) in [6, 6.07) is 8.51. The molecule has 2 aromatic heterocycles. The number of benzene rings is 1. The van der Waals surface area contributed by atoms with Gasteiger partial charge in [0, 0.05) is 31.1 Å². The number of H-pyrrole nitrogens is 1. The van der Waals surface area contributed by atoms with E-state index >= 15 is 0 Å². The SMILES string of the molecule is Nc1cc(C(F)(F)F)c(-c2cccc(CN3CCCC3=O)c2)nc1C(=O)Nc1ccn[nH]1. The standard InChI is InChI=1S/C21H19F3N6O2/c22-21(23,24)14-10-15(25)19(20(32)27-16-6-7-26-29-16)28-18(14)13-4-1-3-12(9-13)11-30-8-2-5-17(30)31/h1,3-4,6-7,9-10H,2,5,8,11,25H2,(H2,26,27,29,32). The first kappa shape index (κ1) is 21.3. The van der Waals surface area contributed by atoms with E-state index in [9.17, 15) is 22.8 Å². The normalized spacial score (nSPS) is 14.1. The molecule has 11 heteroatoms. The number of alkyl halides is 3. The van der Waals surface area contributed by atoms with Gasteiger partial charge in [-0.2, -0.15) is 18.3 Å². The van der Waals surface area contributed by atoms with E-state index in [1.165, 1.54) is 24.4 Å². The van der Waals surface area contributed by atoms with Crippen LogP contribution in [0.3, 0.4) is 0 Å². The fourth-order valence-electron chi connectivity index (χ4n) is 3.56. The van der Waals surface area contributed by atoms with Gasteiger partial charge in [0.15, 0.2) is 5.69 Å². The number of nitrogens with one attached hydrogen (secondary N) is 2. The van der Waals surface area contributed by atoms with Gasteiger partial charge in [-0.25, -0.2) is 4.98 Å². The number of carbonyl (C=O) groups excluding carboxylic acids is 2. The monoisotopic (exact) mass is 444 g/mol. The highest BCUT2D eigenvalue weighted by Gasteiger charge is 2.36. The Morgan fingerprint density at radius 3 is 2.72 bits per heavy atom. The summed E-state index contributed by atoms with van der Waals surface area (Å²) in [4.78, 5) is 30.2. The van der Waals surface area contributed by atoms with E-state index in [-0.39, 0.29) is 29.5 Å². The van der Waals surface area contributed by atoms with Crippen LogP contribution in [0.2, 0.25) is 0 Å². The number of pyridine rings is 1. The van der Waals surface area contributed by atoms with Crippen LogP contribution in [0.25, 0.3) is 11.3 Å². The van der Waals surface area contributed by atoms with E-state index in [2.05, 4.69) is 20.5 Å². The smallest absolute Gasteiger partial charge is 0.397 e. The molecule has 2 amide bonds. The number of rotatable bonds is 5. The Bertz CT molecular complexity index is 1160. The molecule has 0 radical (unpaired) electrons. The molecule has 1 saturated heterocycles. The van der Waals surface area contributed by atoms with E-state index in [1.54, 1.807) is 17.0 Å². The maximum absolute atomic E-state index is 13.8. The molecule has 0 unspecified atom stereocenters. The number of hydrogen-bond donors (Lipinski definition) is 3. The number of anilines is 2. The molecular formula is C21H19F3N6O2. The fraction of sp³-hybridized carbons (Fsp3) is 0.238. The van der Waals surface area contributed by atoms with Gasteiger partial charge < -0.3 is 16.0 Å². The van der Waals surface area contributed by atoms with Crippen molar-refractivity contribution in [2.45, 2.75) is 25.6 Å². The molecule has 3 aromatic rings. The van der Waals surface area contributed by atoms with Gasteiger partial charge in [-0.3, -0.25) is 14.7 Å². The zero-order chi connectivity index (χ0) is 22.9. The Morgan fingerprint density at radius 1 is 1.25 bits per heavy atom. The highest BCUT2D eigenvalue weighted by atomic mass is 19.4.